The van der Waals surface area contributed by atoms with Crippen LogP contribution in [0, 0.1) is 18.8 Å². The van der Waals surface area contributed by atoms with E-state index in [0.29, 0.717) is 35.9 Å². The van der Waals surface area contributed by atoms with Crippen LogP contribution >= 0.6 is 0 Å². The molecule has 27 heavy (non-hydrogen) atoms. The van der Waals surface area contributed by atoms with Gasteiger partial charge in [0, 0.05) is 39.1 Å². The first kappa shape index (κ1) is 18.5. The third kappa shape index (κ3) is 3.76. The lowest BCUT2D eigenvalue weighted by Gasteiger charge is -2.48. The fourth-order valence-corrected chi connectivity index (χ4v) is 5.39. The van der Waals surface area contributed by atoms with Crippen molar-refractivity contribution in [1.82, 2.24) is 19.6 Å². The Morgan fingerprint density at radius 3 is 2.67 bits per heavy atom. The molecule has 3 aliphatic rings. The SMILES string of the molecule is Cc1cc(C(=O)N2CC[C@H]3[C@H](CCC(=O)N3CC3CCCCC3)C2)n(C)n1. The van der Waals surface area contributed by atoms with Crippen LogP contribution in [0.5, 0.6) is 0 Å². The summed E-state index contributed by atoms with van der Waals surface area (Å²) in [6.07, 6.45) is 8.98. The zero-order chi connectivity index (χ0) is 19.0. The summed E-state index contributed by atoms with van der Waals surface area (Å²) in [5.74, 6) is 1.51. The number of rotatable bonds is 3. The Morgan fingerprint density at radius 1 is 1.19 bits per heavy atom. The van der Waals surface area contributed by atoms with Crippen LogP contribution in [0.25, 0.3) is 0 Å². The van der Waals surface area contributed by atoms with E-state index in [1.165, 1.54) is 32.1 Å². The molecule has 3 fully saturated rings. The average Bonchev–Trinajstić information content (AvgIpc) is 3.02. The number of hydrogen-bond donors (Lipinski definition) is 0. The number of nitrogens with zero attached hydrogens (tertiary/aromatic N) is 4. The second-order valence-electron chi connectivity index (χ2n) is 8.75. The second-order valence-corrected chi connectivity index (χ2v) is 8.75. The highest BCUT2D eigenvalue weighted by Crippen LogP contribution is 2.34. The van der Waals surface area contributed by atoms with Gasteiger partial charge in [0.2, 0.25) is 5.91 Å². The maximum atomic E-state index is 13.0. The Morgan fingerprint density at radius 2 is 1.96 bits per heavy atom. The minimum absolute atomic E-state index is 0.0762. The number of amides is 2. The van der Waals surface area contributed by atoms with Gasteiger partial charge < -0.3 is 9.80 Å². The molecule has 1 saturated carbocycles. The van der Waals surface area contributed by atoms with Crippen LogP contribution in [0.1, 0.15) is 67.5 Å². The molecule has 0 N–H and O–H groups in total. The Bertz CT molecular complexity index is 707. The quantitative estimate of drug-likeness (QED) is 0.820. The molecule has 0 aromatic carbocycles. The molecule has 3 heterocycles. The molecule has 6 nitrogen and oxygen atoms in total. The van der Waals surface area contributed by atoms with E-state index in [-0.39, 0.29) is 5.91 Å². The summed E-state index contributed by atoms with van der Waals surface area (Å²) >= 11 is 0. The van der Waals surface area contributed by atoms with E-state index in [1.807, 2.05) is 24.9 Å². The monoisotopic (exact) mass is 372 g/mol. The Balaban J connectivity index is 1.43. The van der Waals surface area contributed by atoms with E-state index in [9.17, 15) is 9.59 Å². The molecule has 1 aromatic heterocycles. The van der Waals surface area contributed by atoms with Crippen molar-refractivity contribution in [1.29, 1.82) is 0 Å². The highest BCUT2D eigenvalue weighted by atomic mass is 16.2. The van der Waals surface area contributed by atoms with Crippen molar-refractivity contribution in [3.63, 3.8) is 0 Å². The molecular formula is C21H32N4O2. The van der Waals surface area contributed by atoms with E-state index in [2.05, 4.69) is 10.00 Å². The Kier molecular flexibility index (Phi) is 5.24. The first-order valence-corrected chi connectivity index (χ1v) is 10.6. The molecule has 2 atom stereocenters. The fraction of sp³-hybridized carbons (Fsp3) is 0.762. The van der Waals surface area contributed by atoms with Crippen molar-refractivity contribution in [2.75, 3.05) is 19.6 Å². The van der Waals surface area contributed by atoms with E-state index in [4.69, 9.17) is 0 Å². The zero-order valence-electron chi connectivity index (χ0n) is 16.7. The summed E-state index contributed by atoms with van der Waals surface area (Å²) in [7, 11) is 1.83. The van der Waals surface area contributed by atoms with Crippen LogP contribution < -0.4 is 0 Å². The number of likely N-dealkylation sites (tertiary alicyclic amines) is 2. The summed E-state index contributed by atoms with van der Waals surface area (Å²) in [6.45, 7) is 4.36. The molecule has 1 aliphatic carbocycles. The highest BCUT2D eigenvalue weighted by Gasteiger charge is 2.41. The van der Waals surface area contributed by atoms with E-state index >= 15 is 0 Å². The third-order valence-electron chi connectivity index (χ3n) is 6.83. The summed E-state index contributed by atoms with van der Waals surface area (Å²) in [6, 6.07) is 2.19. The summed E-state index contributed by atoms with van der Waals surface area (Å²) in [5, 5.41) is 4.31. The number of hydrogen-bond acceptors (Lipinski definition) is 3. The van der Waals surface area contributed by atoms with Gasteiger partial charge in [-0.3, -0.25) is 14.3 Å². The molecule has 2 saturated heterocycles. The number of aromatic nitrogens is 2. The molecule has 2 amide bonds. The van der Waals surface area contributed by atoms with Crippen molar-refractivity contribution >= 4 is 11.8 Å². The van der Waals surface area contributed by atoms with Crippen LogP contribution in [0.3, 0.4) is 0 Å². The van der Waals surface area contributed by atoms with Crippen LogP contribution in [-0.4, -0.2) is 57.1 Å². The van der Waals surface area contributed by atoms with Crippen molar-refractivity contribution in [3.05, 3.63) is 17.5 Å². The summed E-state index contributed by atoms with van der Waals surface area (Å²) in [4.78, 5) is 29.8. The van der Waals surface area contributed by atoms with Gasteiger partial charge in [0.15, 0.2) is 0 Å². The molecule has 0 radical (unpaired) electrons. The second kappa shape index (κ2) is 7.64. The molecule has 2 aliphatic heterocycles. The molecule has 0 bridgehead atoms. The van der Waals surface area contributed by atoms with Gasteiger partial charge in [0.25, 0.3) is 5.91 Å². The highest BCUT2D eigenvalue weighted by molar-refractivity contribution is 5.92. The minimum Gasteiger partial charge on any atom is -0.339 e. The standard InChI is InChI=1S/C21H32N4O2/c1-15-12-19(23(2)22-15)21(27)24-11-10-18-17(14-24)8-9-20(26)25(18)13-16-6-4-3-5-7-16/h12,16-18H,3-11,13-14H2,1-2H3/t17-,18+/m1/s1. The van der Waals surface area contributed by atoms with E-state index in [0.717, 1.165) is 38.2 Å². The number of piperidine rings is 2. The van der Waals surface area contributed by atoms with Crippen molar-refractivity contribution in [3.8, 4) is 0 Å². The van der Waals surface area contributed by atoms with Crippen molar-refractivity contribution in [2.45, 2.75) is 64.3 Å². The number of carbonyl (C=O) groups excluding carboxylic acids is 2. The molecular weight excluding hydrogens is 340 g/mol. The lowest BCUT2D eigenvalue weighted by atomic mass is 9.81. The van der Waals surface area contributed by atoms with Gasteiger partial charge in [-0.2, -0.15) is 5.10 Å². The lowest BCUT2D eigenvalue weighted by Crippen LogP contribution is -2.57. The van der Waals surface area contributed by atoms with Crippen LogP contribution in [0.15, 0.2) is 6.07 Å². The number of fused-ring (bicyclic) bond motifs is 1. The Hall–Kier alpha value is -1.85. The fourth-order valence-electron chi connectivity index (χ4n) is 5.39. The van der Waals surface area contributed by atoms with Gasteiger partial charge in [0.05, 0.1) is 5.69 Å². The molecule has 0 unspecified atom stereocenters. The maximum absolute atomic E-state index is 13.0. The predicted molar refractivity (Wildman–Crippen MR) is 103 cm³/mol. The molecule has 6 heteroatoms. The minimum atomic E-state index is 0.0762. The zero-order valence-corrected chi connectivity index (χ0v) is 16.7. The van der Waals surface area contributed by atoms with Gasteiger partial charge in [-0.1, -0.05) is 19.3 Å². The molecule has 1 aromatic rings. The van der Waals surface area contributed by atoms with Gasteiger partial charge in [-0.15, -0.1) is 0 Å². The Labute approximate surface area is 161 Å². The normalized spacial score (nSPS) is 27.0. The number of aryl methyl sites for hydroxylation is 2. The van der Waals surface area contributed by atoms with Gasteiger partial charge in [-0.05, 0) is 50.5 Å². The van der Waals surface area contributed by atoms with E-state index in [1.54, 1.807) is 4.68 Å². The number of carbonyl (C=O) groups is 2. The summed E-state index contributed by atoms with van der Waals surface area (Å²) in [5.41, 5.74) is 1.54. The van der Waals surface area contributed by atoms with Crippen LogP contribution in [0.4, 0.5) is 0 Å². The largest absolute Gasteiger partial charge is 0.339 e. The van der Waals surface area contributed by atoms with Crippen LogP contribution in [-0.2, 0) is 11.8 Å². The smallest absolute Gasteiger partial charge is 0.272 e. The molecule has 148 valence electrons. The topological polar surface area (TPSA) is 58.4 Å². The summed E-state index contributed by atoms with van der Waals surface area (Å²) < 4.78 is 1.68. The van der Waals surface area contributed by atoms with Gasteiger partial charge >= 0.3 is 0 Å². The lowest BCUT2D eigenvalue weighted by molar-refractivity contribution is -0.141. The predicted octanol–water partition coefficient (Wildman–Crippen LogP) is 2.76. The van der Waals surface area contributed by atoms with Crippen LogP contribution in [0.2, 0.25) is 0 Å². The first-order chi connectivity index (χ1) is 13.0. The maximum Gasteiger partial charge on any atom is 0.272 e. The molecule has 0 spiro atoms. The third-order valence-corrected chi connectivity index (χ3v) is 6.83. The van der Waals surface area contributed by atoms with Crippen molar-refractivity contribution in [2.24, 2.45) is 18.9 Å². The van der Waals surface area contributed by atoms with Crippen molar-refractivity contribution < 1.29 is 9.59 Å². The molecule has 4 rings (SSSR count). The van der Waals surface area contributed by atoms with Gasteiger partial charge in [-0.25, -0.2) is 0 Å². The van der Waals surface area contributed by atoms with E-state index < -0.39 is 0 Å². The first-order valence-electron chi connectivity index (χ1n) is 10.6. The van der Waals surface area contributed by atoms with Gasteiger partial charge in [0.1, 0.15) is 5.69 Å². The average molecular weight is 373 g/mol.